The third kappa shape index (κ3) is 2.69. The number of aryl methyl sites for hydroxylation is 2. The van der Waals surface area contributed by atoms with E-state index in [0.29, 0.717) is 5.82 Å². The summed E-state index contributed by atoms with van der Waals surface area (Å²) in [5.74, 6) is 0.565. The van der Waals surface area contributed by atoms with E-state index in [-0.39, 0.29) is 12.4 Å². The molecule has 0 amide bonds. The summed E-state index contributed by atoms with van der Waals surface area (Å²) in [6.45, 7) is 4.20. The molecule has 0 aliphatic rings. The van der Waals surface area contributed by atoms with Crippen LogP contribution in [0.4, 0.5) is 5.82 Å². The van der Waals surface area contributed by atoms with Crippen LogP contribution in [-0.4, -0.2) is 9.97 Å². The molecule has 2 N–H and O–H groups in total. The van der Waals surface area contributed by atoms with Crippen LogP contribution in [0.15, 0.2) is 42.6 Å². The molecule has 2 heterocycles. The molecule has 0 aliphatic heterocycles. The maximum atomic E-state index is 5.79. The first-order valence-electron chi connectivity index (χ1n) is 6.81. The minimum atomic E-state index is 0. The molecule has 0 unspecified atom stereocenters. The van der Waals surface area contributed by atoms with Gasteiger partial charge in [-0.3, -0.25) is 4.98 Å². The van der Waals surface area contributed by atoms with Gasteiger partial charge in [0.05, 0.1) is 11.2 Å². The van der Waals surface area contributed by atoms with Crippen molar-refractivity contribution in [2.75, 3.05) is 5.73 Å². The lowest BCUT2D eigenvalue weighted by molar-refractivity contribution is 1.04. The number of nitrogens with zero attached hydrogens (tertiary/aromatic N) is 2. The summed E-state index contributed by atoms with van der Waals surface area (Å²) in [6, 6.07) is 12.2. The topological polar surface area (TPSA) is 51.8 Å². The van der Waals surface area contributed by atoms with Crippen molar-refractivity contribution in [1.82, 2.24) is 9.97 Å². The van der Waals surface area contributed by atoms with Gasteiger partial charge >= 0.3 is 0 Å². The van der Waals surface area contributed by atoms with Crippen LogP contribution in [0.3, 0.4) is 0 Å². The Morgan fingerprint density at radius 3 is 2.62 bits per heavy atom. The Bertz CT molecular complexity index is 784. The molecule has 1 aromatic carbocycles. The zero-order valence-electron chi connectivity index (χ0n) is 12.1. The van der Waals surface area contributed by atoms with Gasteiger partial charge in [-0.2, -0.15) is 0 Å². The van der Waals surface area contributed by atoms with E-state index in [1.54, 1.807) is 0 Å². The molecule has 0 atom stereocenters. The van der Waals surface area contributed by atoms with Crippen molar-refractivity contribution >= 4 is 29.1 Å². The first kappa shape index (κ1) is 15.3. The molecule has 2 aromatic heterocycles. The number of fused-ring (bicyclic) bond motifs is 1. The van der Waals surface area contributed by atoms with Gasteiger partial charge in [0.1, 0.15) is 5.82 Å². The van der Waals surface area contributed by atoms with Crippen molar-refractivity contribution in [3.8, 4) is 11.1 Å². The summed E-state index contributed by atoms with van der Waals surface area (Å²) >= 11 is 0. The van der Waals surface area contributed by atoms with E-state index < -0.39 is 0 Å². The third-order valence-corrected chi connectivity index (χ3v) is 3.61. The van der Waals surface area contributed by atoms with Crippen molar-refractivity contribution in [2.45, 2.75) is 20.3 Å². The van der Waals surface area contributed by atoms with E-state index >= 15 is 0 Å². The Hall–Kier alpha value is -2.13. The van der Waals surface area contributed by atoms with Crippen LogP contribution < -0.4 is 5.73 Å². The van der Waals surface area contributed by atoms with Gasteiger partial charge in [0, 0.05) is 22.7 Å². The number of pyridine rings is 2. The summed E-state index contributed by atoms with van der Waals surface area (Å²) in [6.07, 6.45) is 2.71. The second-order valence-electron chi connectivity index (χ2n) is 4.91. The fourth-order valence-electron chi connectivity index (χ4n) is 2.56. The predicted octanol–water partition coefficient (Wildman–Crippen LogP) is 4.17. The molecule has 0 bridgehead atoms. The first-order chi connectivity index (χ1) is 9.70. The normalized spacial score (nSPS) is 10.4. The van der Waals surface area contributed by atoms with Gasteiger partial charge in [-0.05, 0) is 37.1 Å². The van der Waals surface area contributed by atoms with E-state index in [2.05, 4.69) is 42.0 Å². The van der Waals surface area contributed by atoms with E-state index in [9.17, 15) is 0 Å². The average Bonchev–Trinajstić information content (AvgIpc) is 2.47. The van der Waals surface area contributed by atoms with Gasteiger partial charge < -0.3 is 5.73 Å². The van der Waals surface area contributed by atoms with Crippen molar-refractivity contribution in [1.29, 1.82) is 0 Å². The molecular weight excluding hydrogens is 282 g/mol. The van der Waals surface area contributed by atoms with Crippen LogP contribution in [-0.2, 0) is 6.42 Å². The highest BCUT2D eigenvalue weighted by Crippen LogP contribution is 2.30. The number of nitrogen functional groups attached to an aromatic ring is 1. The second kappa shape index (κ2) is 6.10. The summed E-state index contributed by atoms with van der Waals surface area (Å²) < 4.78 is 0. The number of para-hydroxylation sites is 1. The minimum absolute atomic E-state index is 0. The van der Waals surface area contributed by atoms with Crippen molar-refractivity contribution in [3.05, 3.63) is 53.9 Å². The highest BCUT2D eigenvalue weighted by Gasteiger charge is 2.10. The summed E-state index contributed by atoms with van der Waals surface area (Å²) in [5.41, 5.74) is 11.3. The number of halogens is 1. The number of rotatable bonds is 2. The molecule has 21 heavy (non-hydrogen) atoms. The van der Waals surface area contributed by atoms with Crippen LogP contribution in [0.25, 0.3) is 22.0 Å². The van der Waals surface area contributed by atoms with Gasteiger partial charge in [0.15, 0.2) is 0 Å². The lowest BCUT2D eigenvalue weighted by atomic mass is 9.98. The molecule has 0 radical (unpaired) electrons. The standard InChI is InChI=1S/C17H17N3.ClH/c1-3-15-13(7-8-16(18)20-15)14-6-4-5-12-11(2)9-10-19-17(12)14;/h4-10H,3H2,1-2H3,(H2,18,20);1H. The zero-order valence-corrected chi connectivity index (χ0v) is 12.9. The van der Waals surface area contributed by atoms with Gasteiger partial charge in [0.25, 0.3) is 0 Å². The molecular formula is C17H18ClN3. The summed E-state index contributed by atoms with van der Waals surface area (Å²) in [4.78, 5) is 9.00. The third-order valence-electron chi connectivity index (χ3n) is 3.61. The van der Waals surface area contributed by atoms with Crippen LogP contribution in [0.1, 0.15) is 18.2 Å². The number of benzene rings is 1. The highest BCUT2D eigenvalue weighted by atomic mass is 35.5. The molecule has 0 saturated heterocycles. The minimum Gasteiger partial charge on any atom is -0.384 e. The smallest absolute Gasteiger partial charge is 0.123 e. The molecule has 4 heteroatoms. The van der Waals surface area contributed by atoms with Gasteiger partial charge in [0.2, 0.25) is 0 Å². The fourth-order valence-corrected chi connectivity index (χ4v) is 2.56. The zero-order chi connectivity index (χ0) is 14.1. The molecule has 0 saturated carbocycles. The van der Waals surface area contributed by atoms with Crippen molar-refractivity contribution in [3.63, 3.8) is 0 Å². The largest absolute Gasteiger partial charge is 0.384 e. The van der Waals surface area contributed by atoms with Gasteiger partial charge in [-0.1, -0.05) is 25.1 Å². The highest BCUT2D eigenvalue weighted by molar-refractivity contribution is 5.95. The quantitative estimate of drug-likeness (QED) is 0.772. The van der Waals surface area contributed by atoms with Crippen LogP contribution in [0.5, 0.6) is 0 Å². The van der Waals surface area contributed by atoms with E-state index in [1.165, 1.54) is 10.9 Å². The number of hydrogen-bond acceptors (Lipinski definition) is 3. The van der Waals surface area contributed by atoms with E-state index in [4.69, 9.17) is 5.73 Å². The molecule has 3 aromatic rings. The Morgan fingerprint density at radius 1 is 1.05 bits per heavy atom. The first-order valence-corrected chi connectivity index (χ1v) is 6.81. The Labute approximate surface area is 130 Å². The summed E-state index contributed by atoms with van der Waals surface area (Å²) in [7, 11) is 0. The maximum absolute atomic E-state index is 5.79. The average molecular weight is 300 g/mol. The molecule has 0 aliphatic carbocycles. The fraction of sp³-hybridized carbons (Fsp3) is 0.176. The Kier molecular flexibility index (Phi) is 4.43. The SMILES string of the molecule is CCc1nc(N)ccc1-c1cccc2c(C)ccnc12.Cl. The maximum Gasteiger partial charge on any atom is 0.123 e. The molecule has 0 spiro atoms. The molecule has 3 nitrogen and oxygen atoms in total. The molecule has 3 rings (SSSR count). The number of hydrogen-bond donors (Lipinski definition) is 1. The lowest BCUT2D eigenvalue weighted by Crippen LogP contribution is -1.98. The number of aromatic nitrogens is 2. The predicted molar refractivity (Wildman–Crippen MR) is 90.7 cm³/mol. The second-order valence-corrected chi connectivity index (χ2v) is 4.91. The van der Waals surface area contributed by atoms with Crippen LogP contribution >= 0.6 is 12.4 Å². The van der Waals surface area contributed by atoms with E-state index in [1.807, 2.05) is 24.4 Å². The number of anilines is 1. The molecule has 0 fully saturated rings. The number of nitrogens with two attached hydrogens (primary N) is 1. The monoisotopic (exact) mass is 299 g/mol. The lowest BCUT2D eigenvalue weighted by Gasteiger charge is -2.11. The van der Waals surface area contributed by atoms with Crippen LogP contribution in [0.2, 0.25) is 0 Å². The van der Waals surface area contributed by atoms with Crippen LogP contribution in [0, 0.1) is 6.92 Å². The van der Waals surface area contributed by atoms with Gasteiger partial charge in [-0.15, -0.1) is 12.4 Å². The van der Waals surface area contributed by atoms with Crippen molar-refractivity contribution in [2.24, 2.45) is 0 Å². The summed E-state index contributed by atoms with van der Waals surface area (Å²) in [5, 5.41) is 1.18. The molecule has 108 valence electrons. The van der Waals surface area contributed by atoms with Gasteiger partial charge in [-0.25, -0.2) is 4.98 Å². The van der Waals surface area contributed by atoms with E-state index in [0.717, 1.165) is 28.8 Å². The van der Waals surface area contributed by atoms with Crippen molar-refractivity contribution < 1.29 is 0 Å². The Morgan fingerprint density at radius 2 is 1.86 bits per heavy atom. The Balaban J connectivity index is 0.00000161.